The third-order valence-corrected chi connectivity index (χ3v) is 5.62. The van der Waals surface area contributed by atoms with Crippen molar-refractivity contribution in [3.05, 3.63) is 83.9 Å². The van der Waals surface area contributed by atoms with Crippen LogP contribution in [0.25, 0.3) is 11.0 Å². The zero-order valence-corrected chi connectivity index (χ0v) is 16.4. The third kappa shape index (κ3) is 3.51. The number of methoxy groups -OCH3 is 1. The molecule has 1 aromatic heterocycles. The van der Waals surface area contributed by atoms with E-state index in [0.29, 0.717) is 16.9 Å². The normalized spacial score (nSPS) is 12.1. The fraction of sp³-hybridized carbons (Fsp3) is 0.136. The lowest BCUT2D eigenvalue weighted by Gasteiger charge is -2.16. The van der Waals surface area contributed by atoms with Gasteiger partial charge in [-0.25, -0.2) is 4.68 Å². The molecule has 0 N–H and O–H groups in total. The predicted octanol–water partition coefficient (Wildman–Crippen LogP) is 4.98. The molecular weight excluding hydrogens is 370 g/mol. The van der Waals surface area contributed by atoms with Crippen LogP contribution >= 0.6 is 11.8 Å². The van der Waals surface area contributed by atoms with Crippen molar-refractivity contribution in [1.29, 1.82) is 0 Å². The van der Waals surface area contributed by atoms with E-state index in [-0.39, 0.29) is 11.2 Å². The lowest BCUT2D eigenvalue weighted by molar-refractivity contribution is 0.103. The molecule has 28 heavy (non-hydrogen) atoms. The number of ketones is 1. The number of hydrogen-bond donors (Lipinski definition) is 0. The number of carbonyl (C=O) groups is 1. The van der Waals surface area contributed by atoms with Crippen molar-refractivity contribution in [3.8, 4) is 5.75 Å². The Morgan fingerprint density at radius 2 is 1.79 bits per heavy atom. The topological polar surface area (TPSA) is 57.0 Å². The first-order chi connectivity index (χ1) is 13.7. The van der Waals surface area contributed by atoms with Crippen LogP contribution in [0, 0.1) is 0 Å². The van der Waals surface area contributed by atoms with Crippen LogP contribution in [-0.2, 0) is 0 Å². The number of para-hydroxylation sites is 1. The molecule has 0 amide bonds. The van der Waals surface area contributed by atoms with E-state index < -0.39 is 0 Å². The van der Waals surface area contributed by atoms with Crippen LogP contribution in [-0.4, -0.2) is 27.9 Å². The first-order valence-corrected chi connectivity index (χ1v) is 9.79. The molecule has 3 aromatic carbocycles. The molecule has 140 valence electrons. The Kier molecular flexibility index (Phi) is 5.12. The van der Waals surface area contributed by atoms with Gasteiger partial charge in [-0.3, -0.25) is 4.79 Å². The van der Waals surface area contributed by atoms with Gasteiger partial charge in [0.1, 0.15) is 16.6 Å². The molecule has 0 aliphatic rings. The molecule has 5 nitrogen and oxygen atoms in total. The lowest BCUT2D eigenvalue weighted by atomic mass is 10.0. The molecule has 0 saturated heterocycles. The number of thioether (sulfide) groups is 1. The lowest BCUT2D eigenvalue weighted by Crippen LogP contribution is -2.07. The summed E-state index contributed by atoms with van der Waals surface area (Å²) in [5.41, 5.74) is 3.11. The van der Waals surface area contributed by atoms with E-state index in [1.54, 1.807) is 18.9 Å². The number of hydrogen-bond acceptors (Lipinski definition) is 5. The van der Waals surface area contributed by atoms with E-state index in [1.807, 2.05) is 84.4 Å². The Bertz CT molecular complexity index is 1130. The molecule has 4 rings (SSSR count). The van der Waals surface area contributed by atoms with E-state index in [1.165, 1.54) is 0 Å². The largest absolute Gasteiger partial charge is 0.497 e. The van der Waals surface area contributed by atoms with Crippen molar-refractivity contribution in [2.75, 3.05) is 7.11 Å². The second-order valence-corrected chi connectivity index (χ2v) is 7.65. The van der Waals surface area contributed by atoms with Gasteiger partial charge in [-0.15, -0.1) is 5.10 Å². The first-order valence-electron chi connectivity index (χ1n) is 8.92. The van der Waals surface area contributed by atoms with Crippen molar-refractivity contribution in [3.63, 3.8) is 0 Å². The van der Waals surface area contributed by atoms with Crippen molar-refractivity contribution in [1.82, 2.24) is 15.0 Å². The average molecular weight is 389 g/mol. The Morgan fingerprint density at radius 1 is 1.04 bits per heavy atom. The number of aromatic nitrogens is 3. The fourth-order valence-corrected chi connectivity index (χ4v) is 4.14. The van der Waals surface area contributed by atoms with Crippen LogP contribution in [0.1, 0.15) is 28.2 Å². The van der Waals surface area contributed by atoms with Crippen molar-refractivity contribution in [2.24, 2.45) is 0 Å². The van der Waals surface area contributed by atoms with Gasteiger partial charge in [-0.2, -0.15) is 0 Å². The van der Waals surface area contributed by atoms with Crippen LogP contribution in [0.5, 0.6) is 5.75 Å². The van der Waals surface area contributed by atoms with Crippen molar-refractivity contribution in [2.45, 2.75) is 17.2 Å². The summed E-state index contributed by atoms with van der Waals surface area (Å²) in [6.45, 7) is 2.04. The first kappa shape index (κ1) is 18.3. The van der Waals surface area contributed by atoms with Gasteiger partial charge in [0.25, 0.3) is 0 Å². The van der Waals surface area contributed by atoms with Gasteiger partial charge >= 0.3 is 0 Å². The Balaban J connectivity index is 1.71. The summed E-state index contributed by atoms with van der Waals surface area (Å²) in [7, 11) is 1.62. The SMILES string of the molecule is COc1ccc(C(=O)c2ccccc2)c(SC(C)n2nnc3ccccc32)c1. The fourth-order valence-electron chi connectivity index (χ4n) is 3.05. The molecule has 0 aliphatic carbocycles. The number of nitrogens with zero attached hydrogens (tertiary/aromatic N) is 3. The molecule has 0 spiro atoms. The minimum Gasteiger partial charge on any atom is -0.497 e. The van der Waals surface area contributed by atoms with Gasteiger partial charge in [-0.05, 0) is 37.3 Å². The highest BCUT2D eigenvalue weighted by atomic mass is 32.2. The van der Waals surface area contributed by atoms with E-state index in [0.717, 1.165) is 15.9 Å². The van der Waals surface area contributed by atoms with Crippen LogP contribution in [0.3, 0.4) is 0 Å². The average Bonchev–Trinajstić information content (AvgIpc) is 3.18. The summed E-state index contributed by atoms with van der Waals surface area (Å²) >= 11 is 1.55. The van der Waals surface area contributed by atoms with Gasteiger partial charge in [0, 0.05) is 16.0 Å². The monoisotopic (exact) mass is 389 g/mol. The summed E-state index contributed by atoms with van der Waals surface area (Å²) in [5, 5.41) is 8.47. The number of rotatable bonds is 6. The maximum atomic E-state index is 13.1. The highest BCUT2D eigenvalue weighted by Crippen LogP contribution is 2.37. The molecule has 0 fully saturated rings. The molecule has 0 saturated carbocycles. The van der Waals surface area contributed by atoms with Gasteiger partial charge in [0.05, 0.1) is 12.6 Å². The minimum atomic E-state index is -0.0539. The standard InChI is InChI=1S/C22H19N3O2S/c1-15(25-20-11-7-6-10-19(20)23-24-25)28-21-14-17(27-2)12-13-18(21)22(26)16-8-4-3-5-9-16/h3-15H,1-2H3. The molecule has 0 aliphatic heterocycles. The smallest absolute Gasteiger partial charge is 0.194 e. The quantitative estimate of drug-likeness (QED) is 0.344. The number of carbonyl (C=O) groups excluding carboxylic acids is 1. The summed E-state index contributed by atoms with van der Waals surface area (Å²) in [6, 6.07) is 22.7. The van der Waals surface area contributed by atoms with Crippen LogP contribution < -0.4 is 4.74 Å². The zero-order valence-electron chi connectivity index (χ0n) is 15.6. The maximum absolute atomic E-state index is 13.1. The number of fused-ring (bicyclic) bond motifs is 1. The molecule has 1 atom stereocenters. The van der Waals surface area contributed by atoms with E-state index in [4.69, 9.17) is 4.74 Å². The van der Waals surface area contributed by atoms with Crippen molar-refractivity contribution < 1.29 is 9.53 Å². The number of ether oxygens (including phenoxy) is 1. The summed E-state index contributed by atoms with van der Waals surface area (Å²) < 4.78 is 7.25. The van der Waals surface area contributed by atoms with Crippen LogP contribution in [0.4, 0.5) is 0 Å². The Hall–Kier alpha value is -3.12. The molecule has 1 heterocycles. The Morgan fingerprint density at radius 3 is 2.57 bits per heavy atom. The van der Waals surface area contributed by atoms with E-state index >= 15 is 0 Å². The summed E-state index contributed by atoms with van der Waals surface area (Å²) in [6.07, 6.45) is 0. The van der Waals surface area contributed by atoms with Gasteiger partial charge in [0.15, 0.2) is 5.78 Å². The van der Waals surface area contributed by atoms with E-state index in [9.17, 15) is 4.79 Å². The Labute approximate surface area is 167 Å². The summed E-state index contributed by atoms with van der Waals surface area (Å²) in [4.78, 5) is 13.9. The second-order valence-electron chi connectivity index (χ2n) is 6.30. The van der Waals surface area contributed by atoms with Gasteiger partial charge in [0.2, 0.25) is 0 Å². The second kappa shape index (κ2) is 7.86. The minimum absolute atomic E-state index is 0.0126. The van der Waals surface area contributed by atoms with Gasteiger partial charge < -0.3 is 4.74 Å². The highest BCUT2D eigenvalue weighted by molar-refractivity contribution is 7.99. The van der Waals surface area contributed by atoms with Crippen LogP contribution in [0.15, 0.2) is 77.7 Å². The highest BCUT2D eigenvalue weighted by Gasteiger charge is 2.19. The third-order valence-electron chi connectivity index (χ3n) is 4.49. The molecular formula is C22H19N3O2S. The van der Waals surface area contributed by atoms with E-state index in [2.05, 4.69) is 10.3 Å². The molecule has 4 aromatic rings. The molecule has 1 unspecified atom stereocenters. The zero-order chi connectivity index (χ0) is 19.5. The number of benzene rings is 3. The maximum Gasteiger partial charge on any atom is 0.194 e. The van der Waals surface area contributed by atoms with Crippen LogP contribution in [0.2, 0.25) is 0 Å². The van der Waals surface area contributed by atoms with Gasteiger partial charge in [-0.1, -0.05) is 59.4 Å². The summed E-state index contributed by atoms with van der Waals surface area (Å²) in [5.74, 6) is 0.698. The molecule has 0 radical (unpaired) electrons. The molecule has 6 heteroatoms. The molecule has 0 bridgehead atoms. The predicted molar refractivity (Wildman–Crippen MR) is 111 cm³/mol. The van der Waals surface area contributed by atoms with Crippen molar-refractivity contribution >= 4 is 28.6 Å².